The highest BCUT2D eigenvalue weighted by Gasteiger charge is 2.12. The summed E-state index contributed by atoms with van der Waals surface area (Å²) < 4.78 is 7.87. The lowest BCUT2D eigenvalue weighted by molar-refractivity contribution is 0.0696. The van der Waals surface area contributed by atoms with Crippen molar-refractivity contribution in [2.24, 2.45) is 5.10 Å². The van der Waals surface area contributed by atoms with Crippen LogP contribution >= 0.6 is 15.9 Å². The van der Waals surface area contributed by atoms with Crippen LogP contribution in [0.2, 0.25) is 0 Å². The van der Waals surface area contributed by atoms with Gasteiger partial charge in [0.05, 0.1) is 27.2 Å². The molecular weight excluding hydrogens is 534 g/mol. The molecule has 0 amide bonds. The second kappa shape index (κ2) is 10.6. The number of carbonyl (C=O) groups is 1. The molecule has 0 aliphatic heterocycles. The molecule has 0 saturated carbocycles. The first kappa shape index (κ1) is 24.1. The Morgan fingerprint density at radius 2 is 1.76 bits per heavy atom. The van der Waals surface area contributed by atoms with Crippen molar-refractivity contribution < 1.29 is 14.6 Å². The third-order valence-electron chi connectivity index (χ3n) is 5.63. The second-order valence-corrected chi connectivity index (χ2v) is 9.02. The first-order valence-electron chi connectivity index (χ1n) is 11.4. The van der Waals surface area contributed by atoms with Gasteiger partial charge in [-0.2, -0.15) is 9.78 Å². The predicted molar refractivity (Wildman–Crippen MR) is 146 cm³/mol. The van der Waals surface area contributed by atoms with E-state index in [1.807, 2.05) is 54.6 Å². The van der Waals surface area contributed by atoms with Crippen LogP contribution in [0.25, 0.3) is 22.3 Å². The first-order valence-corrected chi connectivity index (χ1v) is 12.1. The van der Waals surface area contributed by atoms with Gasteiger partial charge < -0.3 is 9.84 Å². The van der Waals surface area contributed by atoms with Gasteiger partial charge in [-0.15, -0.1) is 0 Å². The van der Waals surface area contributed by atoms with Gasteiger partial charge >= 0.3 is 5.97 Å². The molecule has 182 valence electrons. The Labute approximate surface area is 220 Å². The monoisotopic (exact) mass is 553 g/mol. The molecule has 8 heteroatoms. The summed E-state index contributed by atoms with van der Waals surface area (Å²) in [6, 6.07) is 28.7. The highest BCUT2D eigenvalue weighted by molar-refractivity contribution is 9.10. The molecule has 0 atom stereocenters. The minimum Gasteiger partial charge on any atom is -0.488 e. The molecule has 37 heavy (non-hydrogen) atoms. The van der Waals surface area contributed by atoms with Gasteiger partial charge in [-0.1, -0.05) is 54.6 Å². The van der Waals surface area contributed by atoms with Crippen LogP contribution in [0.1, 0.15) is 21.5 Å². The summed E-state index contributed by atoms with van der Waals surface area (Å²) in [6.07, 6.45) is 1.59. The maximum absolute atomic E-state index is 13.3. The molecule has 0 radical (unpaired) electrons. The van der Waals surface area contributed by atoms with Crippen LogP contribution < -0.4 is 10.3 Å². The summed E-state index contributed by atoms with van der Waals surface area (Å²) in [6.45, 7) is 0.214. The van der Waals surface area contributed by atoms with E-state index in [4.69, 9.17) is 14.8 Å². The fourth-order valence-corrected chi connectivity index (χ4v) is 4.31. The molecule has 1 aromatic heterocycles. The molecule has 0 unspecified atom stereocenters. The number of rotatable bonds is 7. The fourth-order valence-electron chi connectivity index (χ4n) is 3.80. The number of aromatic carboxylic acids is 1. The smallest absolute Gasteiger partial charge is 0.335 e. The van der Waals surface area contributed by atoms with Crippen molar-refractivity contribution in [1.82, 2.24) is 9.66 Å². The van der Waals surface area contributed by atoms with Crippen molar-refractivity contribution in [2.75, 3.05) is 0 Å². The molecule has 0 spiro atoms. The topological polar surface area (TPSA) is 93.8 Å². The van der Waals surface area contributed by atoms with E-state index in [1.54, 1.807) is 42.6 Å². The van der Waals surface area contributed by atoms with E-state index < -0.39 is 5.97 Å². The Balaban J connectivity index is 1.43. The normalized spacial score (nSPS) is 11.2. The molecule has 5 rings (SSSR count). The number of aromatic nitrogens is 2. The van der Waals surface area contributed by atoms with E-state index in [0.29, 0.717) is 26.9 Å². The van der Waals surface area contributed by atoms with Crippen LogP contribution in [-0.2, 0) is 6.61 Å². The summed E-state index contributed by atoms with van der Waals surface area (Å²) in [5.74, 6) is 0.0540. The number of benzene rings is 4. The van der Waals surface area contributed by atoms with Crippen LogP contribution in [0.5, 0.6) is 5.75 Å². The van der Waals surface area contributed by atoms with Crippen LogP contribution in [0.15, 0.2) is 111 Å². The molecule has 0 bridgehead atoms. The van der Waals surface area contributed by atoms with Crippen molar-refractivity contribution >= 4 is 39.0 Å². The molecule has 0 fully saturated rings. The lowest BCUT2D eigenvalue weighted by Crippen LogP contribution is -2.20. The number of fused-ring (bicyclic) bond motifs is 1. The Morgan fingerprint density at radius 3 is 2.54 bits per heavy atom. The molecule has 4 aromatic carbocycles. The number of hydrogen-bond acceptors (Lipinski definition) is 5. The van der Waals surface area contributed by atoms with Gasteiger partial charge in [0.15, 0.2) is 5.82 Å². The summed E-state index contributed by atoms with van der Waals surface area (Å²) >= 11 is 3.52. The maximum atomic E-state index is 13.3. The summed E-state index contributed by atoms with van der Waals surface area (Å²) in [5.41, 5.74) is 2.82. The molecule has 5 aromatic rings. The van der Waals surface area contributed by atoms with Crippen LogP contribution in [-0.4, -0.2) is 27.0 Å². The SMILES string of the molecule is O=C(O)c1cccc(COc2ccc(C=Nn3c(-c4ccccc4)nc4ccccc4c3=O)cc2Br)c1. The molecule has 0 aliphatic carbocycles. The highest BCUT2D eigenvalue weighted by Crippen LogP contribution is 2.27. The zero-order valence-corrected chi connectivity index (χ0v) is 21.0. The number of ether oxygens (including phenoxy) is 1. The molecular formula is C29H20BrN3O4. The van der Waals surface area contributed by atoms with E-state index in [-0.39, 0.29) is 17.7 Å². The van der Waals surface area contributed by atoms with Crippen LogP contribution in [0.3, 0.4) is 0 Å². The quantitative estimate of drug-likeness (QED) is 0.250. The summed E-state index contributed by atoms with van der Waals surface area (Å²) in [5, 5.41) is 14.1. The first-order chi connectivity index (χ1) is 18.0. The molecule has 7 nitrogen and oxygen atoms in total. The van der Waals surface area contributed by atoms with Crippen molar-refractivity contribution in [3.8, 4) is 17.1 Å². The third kappa shape index (κ3) is 5.34. The standard InChI is InChI=1S/C29H20BrN3O4/c30-24-16-19(13-14-26(24)37-18-20-7-6-10-22(15-20)29(35)36)17-31-33-27(21-8-2-1-3-9-21)32-25-12-5-4-11-23(25)28(33)34/h1-17H,18H2,(H,35,36). The van der Waals surface area contributed by atoms with Crippen LogP contribution in [0.4, 0.5) is 0 Å². The zero-order valence-electron chi connectivity index (χ0n) is 19.4. The largest absolute Gasteiger partial charge is 0.488 e. The fraction of sp³-hybridized carbons (Fsp3) is 0.0345. The minimum atomic E-state index is -0.984. The van der Waals surface area contributed by atoms with Gasteiger partial charge in [-0.25, -0.2) is 9.78 Å². The number of carboxylic acids is 1. The van der Waals surface area contributed by atoms with E-state index in [1.165, 1.54) is 10.7 Å². The number of halogens is 1. The lowest BCUT2D eigenvalue weighted by Gasteiger charge is -2.10. The van der Waals surface area contributed by atoms with E-state index in [0.717, 1.165) is 16.7 Å². The van der Waals surface area contributed by atoms with Gasteiger partial charge in [-0.05, 0) is 69.5 Å². The number of hydrogen-bond donors (Lipinski definition) is 1. The predicted octanol–water partition coefficient (Wildman–Crippen LogP) is 5.99. The molecule has 1 heterocycles. The summed E-state index contributed by atoms with van der Waals surface area (Å²) in [4.78, 5) is 29.2. The van der Waals surface area contributed by atoms with Crippen molar-refractivity contribution in [3.05, 3.63) is 129 Å². The van der Waals surface area contributed by atoms with Gasteiger partial charge in [0, 0.05) is 5.56 Å². The van der Waals surface area contributed by atoms with Gasteiger partial charge in [0.2, 0.25) is 0 Å². The second-order valence-electron chi connectivity index (χ2n) is 8.16. The molecule has 1 N–H and O–H groups in total. The van der Waals surface area contributed by atoms with Crippen molar-refractivity contribution in [1.29, 1.82) is 0 Å². The number of nitrogens with zero attached hydrogens (tertiary/aromatic N) is 3. The van der Waals surface area contributed by atoms with E-state index >= 15 is 0 Å². The lowest BCUT2D eigenvalue weighted by atomic mass is 10.1. The maximum Gasteiger partial charge on any atom is 0.335 e. The Bertz CT molecular complexity index is 1700. The number of para-hydroxylation sites is 1. The van der Waals surface area contributed by atoms with Gasteiger partial charge in [0.25, 0.3) is 5.56 Å². The van der Waals surface area contributed by atoms with Crippen molar-refractivity contribution in [3.63, 3.8) is 0 Å². The van der Waals surface area contributed by atoms with Gasteiger partial charge in [-0.3, -0.25) is 4.79 Å². The average Bonchev–Trinajstić information content (AvgIpc) is 2.92. The Morgan fingerprint density at radius 1 is 0.973 bits per heavy atom. The number of carboxylic acid groups (broad SMARTS) is 1. The van der Waals surface area contributed by atoms with E-state index in [9.17, 15) is 9.59 Å². The van der Waals surface area contributed by atoms with Crippen LogP contribution in [0, 0.1) is 0 Å². The van der Waals surface area contributed by atoms with E-state index in [2.05, 4.69) is 21.0 Å². The Hall–Kier alpha value is -4.56. The minimum absolute atomic E-state index is 0.208. The zero-order chi connectivity index (χ0) is 25.8. The highest BCUT2D eigenvalue weighted by atomic mass is 79.9. The summed E-state index contributed by atoms with van der Waals surface area (Å²) in [7, 11) is 0. The molecule has 0 aliphatic rings. The average molecular weight is 554 g/mol. The Kier molecular flexibility index (Phi) is 6.91. The van der Waals surface area contributed by atoms with Crippen molar-refractivity contribution in [2.45, 2.75) is 6.61 Å². The van der Waals surface area contributed by atoms with Gasteiger partial charge in [0.1, 0.15) is 12.4 Å². The third-order valence-corrected chi connectivity index (χ3v) is 6.25. The molecule has 0 saturated heterocycles.